The second-order valence-corrected chi connectivity index (χ2v) is 9.36. The maximum atomic E-state index is 12.9. The third-order valence-electron chi connectivity index (χ3n) is 4.65. The summed E-state index contributed by atoms with van der Waals surface area (Å²) >= 11 is 1.10. The zero-order valence-electron chi connectivity index (χ0n) is 15.3. The Morgan fingerprint density at radius 3 is 2.35 bits per heavy atom. The Morgan fingerprint density at radius 1 is 1.15 bits per heavy atom. The van der Waals surface area contributed by atoms with Gasteiger partial charge in [0.2, 0.25) is 0 Å². The van der Waals surface area contributed by atoms with Crippen molar-refractivity contribution < 1.29 is 17.9 Å². The van der Waals surface area contributed by atoms with Crippen molar-refractivity contribution in [3.63, 3.8) is 0 Å². The summed E-state index contributed by atoms with van der Waals surface area (Å²) in [6.07, 6.45) is 0.407. The summed E-state index contributed by atoms with van der Waals surface area (Å²) < 4.78 is 38.3. The number of piperazine rings is 1. The quantitative estimate of drug-likeness (QED) is 0.713. The zero-order chi connectivity index (χ0) is 18.9. The molecular weight excluding hydrogens is 378 g/mol. The molecule has 2 saturated heterocycles. The fourth-order valence-corrected chi connectivity index (χ4v) is 5.82. The van der Waals surface area contributed by atoms with Gasteiger partial charge in [0.05, 0.1) is 17.9 Å². The van der Waals surface area contributed by atoms with Gasteiger partial charge in [0.15, 0.2) is 0 Å². The van der Waals surface area contributed by atoms with E-state index in [0.29, 0.717) is 56.3 Å². The van der Waals surface area contributed by atoms with Gasteiger partial charge in [-0.2, -0.15) is 17.0 Å². The number of carbonyl (C=O) groups excluding carboxylic acids is 1. The average Bonchev–Trinajstić information content (AvgIpc) is 3.09. The van der Waals surface area contributed by atoms with E-state index in [1.165, 1.54) is 8.61 Å². The van der Waals surface area contributed by atoms with Gasteiger partial charge in [-0.25, -0.2) is 0 Å². The normalized spacial score (nSPS) is 26.2. The average molecular weight is 404 g/mol. The lowest BCUT2D eigenvalue weighted by molar-refractivity contribution is -0.0457. The van der Waals surface area contributed by atoms with Crippen molar-refractivity contribution in [2.75, 3.05) is 39.3 Å². The van der Waals surface area contributed by atoms with Crippen LogP contribution in [0.1, 0.15) is 36.1 Å². The minimum absolute atomic E-state index is 0.109. The van der Waals surface area contributed by atoms with Crippen LogP contribution < -0.4 is 0 Å². The highest BCUT2D eigenvalue weighted by molar-refractivity contribution is 7.86. The molecule has 9 nitrogen and oxygen atoms in total. The minimum Gasteiger partial charge on any atom is -0.373 e. The van der Waals surface area contributed by atoms with Crippen molar-refractivity contribution in [3.8, 4) is 0 Å². The Balaban J connectivity index is 1.63. The van der Waals surface area contributed by atoms with Crippen LogP contribution in [0.2, 0.25) is 0 Å². The molecule has 0 aromatic carbocycles. The van der Waals surface area contributed by atoms with E-state index in [1.54, 1.807) is 4.90 Å². The van der Waals surface area contributed by atoms with Crippen molar-refractivity contribution in [1.82, 2.24) is 23.1 Å². The summed E-state index contributed by atoms with van der Waals surface area (Å²) in [6.45, 7) is 7.73. The van der Waals surface area contributed by atoms with Crippen LogP contribution in [-0.2, 0) is 21.4 Å². The van der Waals surface area contributed by atoms with Crippen LogP contribution in [0.5, 0.6) is 0 Å². The molecule has 2 aliphatic heterocycles. The first-order chi connectivity index (χ1) is 12.3. The van der Waals surface area contributed by atoms with Gasteiger partial charge in [0.25, 0.3) is 16.1 Å². The molecule has 146 valence electrons. The second-order valence-electron chi connectivity index (χ2n) is 6.68. The van der Waals surface area contributed by atoms with Crippen LogP contribution in [0.25, 0.3) is 0 Å². The number of carbonyl (C=O) groups is 1. The standard InChI is InChI=1S/C15H25N5O4S2/c1-4-13-14(25-17-16-13)15(21)18-5-7-19(8-6-18)26(22,23)20-9-11(2)24-12(3)10-20/h11-12H,4-10H2,1-3H3/t11-,12-/m1/s1. The molecule has 0 spiro atoms. The summed E-state index contributed by atoms with van der Waals surface area (Å²) in [5.74, 6) is -0.109. The molecule has 2 fully saturated rings. The van der Waals surface area contributed by atoms with E-state index in [4.69, 9.17) is 4.74 Å². The maximum absolute atomic E-state index is 12.9. The number of ether oxygens (including phenoxy) is 1. The first kappa shape index (κ1) is 19.6. The lowest BCUT2D eigenvalue weighted by Gasteiger charge is -2.40. The lowest BCUT2D eigenvalue weighted by atomic mass is 10.2. The van der Waals surface area contributed by atoms with E-state index in [2.05, 4.69) is 9.59 Å². The van der Waals surface area contributed by atoms with E-state index in [1.807, 2.05) is 20.8 Å². The number of rotatable bonds is 4. The van der Waals surface area contributed by atoms with Gasteiger partial charge in [-0.3, -0.25) is 4.79 Å². The van der Waals surface area contributed by atoms with E-state index in [-0.39, 0.29) is 18.1 Å². The van der Waals surface area contributed by atoms with Gasteiger partial charge in [-0.1, -0.05) is 11.4 Å². The predicted octanol–water partition coefficient (Wildman–Crippen LogP) is 0.212. The lowest BCUT2D eigenvalue weighted by Crippen LogP contribution is -2.57. The number of amides is 1. The number of morpholine rings is 1. The van der Waals surface area contributed by atoms with Gasteiger partial charge in [0, 0.05) is 39.3 Å². The van der Waals surface area contributed by atoms with E-state index < -0.39 is 10.2 Å². The molecule has 1 aromatic rings. The van der Waals surface area contributed by atoms with Crippen LogP contribution in [0.3, 0.4) is 0 Å². The van der Waals surface area contributed by atoms with Crippen molar-refractivity contribution in [3.05, 3.63) is 10.6 Å². The highest BCUT2D eigenvalue weighted by Gasteiger charge is 2.37. The van der Waals surface area contributed by atoms with Gasteiger partial charge < -0.3 is 9.64 Å². The molecule has 1 aromatic heterocycles. The smallest absolute Gasteiger partial charge is 0.282 e. The molecule has 0 radical (unpaired) electrons. The van der Waals surface area contributed by atoms with E-state index in [0.717, 1.165) is 11.5 Å². The summed E-state index contributed by atoms with van der Waals surface area (Å²) in [5, 5.41) is 3.98. The molecule has 3 rings (SSSR count). The Labute approximate surface area is 158 Å². The molecule has 2 aliphatic rings. The number of hydrogen-bond donors (Lipinski definition) is 0. The first-order valence-electron chi connectivity index (χ1n) is 8.84. The molecule has 0 bridgehead atoms. The molecule has 26 heavy (non-hydrogen) atoms. The second kappa shape index (κ2) is 7.85. The Kier molecular flexibility index (Phi) is 5.92. The SMILES string of the molecule is CCc1nnsc1C(=O)N1CCN(S(=O)(=O)N2C[C@@H](C)O[C@H](C)C2)CC1. The fourth-order valence-electron chi connectivity index (χ4n) is 3.35. The molecule has 0 aliphatic carbocycles. The van der Waals surface area contributed by atoms with Crippen molar-refractivity contribution in [1.29, 1.82) is 0 Å². The molecule has 11 heteroatoms. The van der Waals surface area contributed by atoms with Crippen LogP contribution >= 0.6 is 11.5 Å². The van der Waals surface area contributed by atoms with Gasteiger partial charge in [-0.05, 0) is 31.8 Å². The van der Waals surface area contributed by atoms with Gasteiger partial charge in [0.1, 0.15) is 4.88 Å². The zero-order valence-corrected chi connectivity index (χ0v) is 16.9. The fraction of sp³-hybridized carbons (Fsp3) is 0.800. The van der Waals surface area contributed by atoms with Crippen LogP contribution in [0, 0.1) is 0 Å². The summed E-state index contributed by atoms with van der Waals surface area (Å²) in [7, 11) is -3.54. The molecule has 0 N–H and O–H groups in total. The van der Waals surface area contributed by atoms with Crippen molar-refractivity contribution >= 4 is 27.6 Å². The monoisotopic (exact) mass is 403 g/mol. The van der Waals surface area contributed by atoms with Gasteiger partial charge in [-0.15, -0.1) is 5.10 Å². The van der Waals surface area contributed by atoms with E-state index >= 15 is 0 Å². The van der Waals surface area contributed by atoms with Crippen LogP contribution in [0.4, 0.5) is 0 Å². The van der Waals surface area contributed by atoms with E-state index in [9.17, 15) is 13.2 Å². The molecule has 3 heterocycles. The first-order valence-corrected chi connectivity index (χ1v) is 11.0. The largest absolute Gasteiger partial charge is 0.373 e. The third-order valence-corrected chi connectivity index (χ3v) is 7.37. The third kappa shape index (κ3) is 3.91. The molecule has 0 unspecified atom stereocenters. The maximum Gasteiger partial charge on any atom is 0.282 e. The topological polar surface area (TPSA) is 95.9 Å². The summed E-state index contributed by atoms with van der Waals surface area (Å²) in [4.78, 5) is 14.9. The highest BCUT2D eigenvalue weighted by atomic mass is 32.2. The molecule has 1 amide bonds. The summed E-state index contributed by atoms with van der Waals surface area (Å²) in [6, 6.07) is 0. The number of hydrogen-bond acceptors (Lipinski definition) is 7. The molecule has 2 atom stereocenters. The summed E-state index contributed by atoms with van der Waals surface area (Å²) in [5.41, 5.74) is 0.700. The molecular formula is C15H25N5O4S2. The highest BCUT2D eigenvalue weighted by Crippen LogP contribution is 2.20. The Bertz CT molecular complexity index is 735. The van der Waals surface area contributed by atoms with Crippen LogP contribution in [0.15, 0.2) is 0 Å². The minimum atomic E-state index is -3.54. The predicted molar refractivity (Wildman–Crippen MR) is 97.3 cm³/mol. The number of aryl methyl sites for hydroxylation is 1. The van der Waals surface area contributed by atoms with Gasteiger partial charge >= 0.3 is 0 Å². The molecule has 0 saturated carbocycles. The van der Waals surface area contributed by atoms with Crippen LogP contribution in [-0.4, -0.2) is 88.9 Å². The number of nitrogens with zero attached hydrogens (tertiary/aromatic N) is 5. The number of aromatic nitrogens is 2. The van der Waals surface area contributed by atoms with Crippen molar-refractivity contribution in [2.24, 2.45) is 0 Å². The Morgan fingerprint density at radius 2 is 1.77 bits per heavy atom. The van der Waals surface area contributed by atoms with Crippen molar-refractivity contribution in [2.45, 2.75) is 39.4 Å². The Hall–Kier alpha value is -1.14.